The summed E-state index contributed by atoms with van der Waals surface area (Å²) in [6.07, 6.45) is 9.38. The fraction of sp³-hybridized carbons (Fsp3) is 0.500. The van der Waals surface area contributed by atoms with Crippen LogP contribution in [0.15, 0.2) is 41.2 Å². The first-order chi connectivity index (χ1) is 15.9. The van der Waals surface area contributed by atoms with Crippen LogP contribution >= 0.6 is 0 Å². The normalized spacial score (nSPS) is 38.9. The molecule has 7 heteroatoms. The lowest BCUT2D eigenvalue weighted by molar-refractivity contribution is -0.146. The summed E-state index contributed by atoms with van der Waals surface area (Å²) < 4.78 is 17.5. The van der Waals surface area contributed by atoms with Crippen LogP contribution in [0.3, 0.4) is 0 Å². The number of rotatable bonds is 4. The van der Waals surface area contributed by atoms with Gasteiger partial charge in [-0.05, 0) is 49.5 Å². The second kappa shape index (κ2) is 6.21. The molecule has 7 nitrogen and oxygen atoms in total. The zero-order valence-corrected chi connectivity index (χ0v) is 18.8. The van der Waals surface area contributed by atoms with Gasteiger partial charge in [0.25, 0.3) is 0 Å². The van der Waals surface area contributed by atoms with E-state index in [1.165, 1.54) is 5.56 Å². The van der Waals surface area contributed by atoms with Gasteiger partial charge in [0, 0.05) is 42.3 Å². The summed E-state index contributed by atoms with van der Waals surface area (Å²) in [5.41, 5.74) is 1.85. The van der Waals surface area contributed by atoms with Gasteiger partial charge in [0.05, 0.1) is 36.7 Å². The van der Waals surface area contributed by atoms with Gasteiger partial charge in [-0.25, -0.2) is 0 Å². The smallest absolute Gasteiger partial charge is 0.246 e. The number of carbonyl (C=O) groups excluding carboxylic acids is 1. The second-order valence-electron chi connectivity index (χ2n) is 10.5. The van der Waals surface area contributed by atoms with Gasteiger partial charge in [-0.3, -0.25) is 4.79 Å². The van der Waals surface area contributed by atoms with Crippen LogP contribution in [0.25, 0.3) is 6.08 Å². The lowest BCUT2D eigenvalue weighted by atomic mass is 9.56. The highest BCUT2D eigenvalue weighted by atomic mass is 16.5. The van der Waals surface area contributed by atoms with E-state index in [1.807, 2.05) is 19.2 Å². The number of hydrogen-bond donors (Lipinski definition) is 2. The summed E-state index contributed by atoms with van der Waals surface area (Å²) in [6, 6.07) is 5.87. The van der Waals surface area contributed by atoms with E-state index in [-0.39, 0.29) is 29.5 Å². The summed E-state index contributed by atoms with van der Waals surface area (Å²) in [5, 5.41) is 15.9. The number of nitrogens with zero attached hydrogens (tertiary/aromatic N) is 1. The molecule has 5 aliphatic rings. The van der Waals surface area contributed by atoms with Gasteiger partial charge in [0.2, 0.25) is 5.91 Å². The predicted molar refractivity (Wildman–Crippen MR) is 120 cm³/mol. The Labute approximate surface area is 192 Å². The number of aliphatic hydroxyl groups is 1. The third-order valence-corrected chi connectivity index (χ3v) is 9.28. The molecule has 3 aliphatic carbocycles. The Morgan fingerprint density at radius 2 is 2.24 bits per heavy atom. The second-order valence-corrected chi connectivity index (χ2v) is 10.5. The molecule has 3 fully saturated rings. The molecule has 1 amide bonds. The molecule has 1 unspecified atom stereocenters. The molecule has 2 spiro atoms. The number of carbonyl (C=O) groups is 1. The topological polar surface area (TPSA) is 84.2 Å². The summed E-state index contributed by atoms with van der Waals surface area (Å²) in [7, 11) is 3.50. The fourth-order valence-electron chi connectivity index (χ4n) is 7.95. The van der Waals surface area contributed by atoms with Gasteiger partial charge in [0.1, 0.15) is 6.10 Å². The van der Waals surface area contributed by atoms with Gasteiger partial charge in [0.15, 0.2) is 11.5 Å². The monoisotopic (exact) mass is 448 g/mol. The first kappa shape index (κ1) is 19.7. The fourth-order valence-corrected chi connectivity index (χ4v) is 7.95. The lowest BCUT2D eigenvalue weighted by Gasteiger charge is -2.54. The van der Waals surface area contributed by atoms with Crippen molar-refractivity contribution in [2.24, 2.45) is 5.41 Å². The van der Waals surface area contributed by atoms with Gasteiger partial charge in [-0.1, -0.05) is 6.07 Å². The molecule has 3 heterocycles. The van der Waals surface area contributed by atoms with Crippen LogP contribution < -0.4 is 14.8 Å². The summed E-state index contributed by atoms with van der Waals surface area (Å²) in [4.78, 5) is 15.0. The highest BCUT2D eigenvalue weighted by Crippen LogP contribution is 2.73. The van der Waals surface area contributed by atoms with Crippen LogP contribution in [0.4, 0.5) is 0 Å². The quantitative estimate of drug-likeness (QED) is 0.699. The Bertz CT molecular complexity index is 1190. The Hall–Kier alpha value is -2.77. The molecule has 172 valence electrons. The number of ether oxygens (including phenoxy) is 2. The average Bonchev–Trinajstić information content (AvgIpc) is 3.47. The Kier molecular flexibility index (Phi) is 3.70. The molecule has 1 saturated heterocycles. The number of hydrogen-bond acceptors (Lipinski definition) is 6. The SMILES string of the molecule is COc1ccc2c3c1O[C@H]1[C@H](N(C)C(=O)/C=C/c4ccoc4)CC[C@@]4(O)[C@@H]5NCC5(C2)C[C@]314. The minimum Gasteiger partial charge on any atom is -0.493 e. The van der Waals surface area contributed by atoms with E-state index in [0.29, 0.717) is 18.6 Å². The molecule has 2 aliphatic heterocycles. The Morgan fingerprint density at radius 1 is 1.36 bits per heavy atom. The summed E-state index contributed by atoms with van der Waals surface area (Å²) in [6.45, 7) is 0.919. The van der Waals surface area contributed by atoms with Crippen molar-refractivity contribution in [3.8, 4) is 11.5 Å². The van der Waals surface area contributed by atoms with E-state index in [2.05, 4.69) is 11.4 Å². The van der Waals surface area contributed by atoms with Crippen LogP contribution in [-0.4, -0.2) is 60.4 Å². The molecule has 2 N–H and O–H groups in total. The zero-order chi connectivity index (χ0) is 22.6. The standard InChI is InChI=1S/C26H28N2O5/c1-28(19(29)6-3-15-8-10-32-12-15)17-7-9-26(30)23-24(14-27-23)11-16-4-5-18(31-2)21-20(16)25(26,13-24)22(17)33-21/h3-6,8,10,12,17,22-23,27,30H,7,9,11,13-14H2,1-2H3/b6-3+/t17-,22+,23-,24?,25+,26-/m1/s1. The van der Waals surface area contributed by atoms with Crippen LogP contribution in [0, 0.1) is 5.41 Å². The minimum atomic E-state index is -0.897. The molecule has 33 heavy (non-hydrogen) atoms. The van der Waals surface area contributed by atoms with Gasteiger partial charge < -0.3 is 29.2 Å². The van der Waals surface area contributed by atoms with E-state index >= 15 is 0 Å². The van der Waals surface area contributed by atoms with Gasteiger partial charge >= 0.3 is 0 Å². The van der Waals surface area contributed by atoms with Crippen molar-refractivity contribution < 1.29 is 23.8 Å². The van der Waals surface area contributed by atoms with Gasteiger partial charge in [-0.15, -0.1) is 0 Å². The maximum absolute atomic E-state index is 13.2. The van der Waals surface area contributed by atoms with Gasteiger partial charge in [-0.2, -0.15) is 0 Å². The molecule has 1 aromatic carbocycles. The van der Waals surface area contributed by atoms with E-state index in [4.69, 9.17) is 13.9 Å². The average molecular weight is 449 g/mol. The first-order valence-corrected chi connectivity index (χ1v) is 11.7. The Morgan fingerprint density at radius 3 is 2.97 bits per heavy atom. The van der Waals surface area contributed by atoms with E-state index in [0.717, 1.165) is 36.3 Å². The number of fused-ring (bicyclic) bond motifs is 1. The molecule has 7 rings (SSSR count). The van der Waals surface area contributed by atoms with Crippen molar-refractivity contribution in [3.05, 3.63) is 53.5 Å². The molecule has 2 saturated carbocycles. The summed E-state index contributed by atoms with van der Waals surface area (Å²) >= 11 is 0. The third kappa shape index (κ3) is 2.16. The Balaban J connectivity index is 1.32. The van der Waals surface area contributed by atoms with Crippen LogP contribution in [-0.2, 0) is 16.6 Å². The minimum absolute atomic E-state index is 0.0538. The number of methoxy groups -OCH3 is 1. The number of amides is 1. The predicted octanol–water partition coefficient (Wildman–Crippen LogP) is 2.27. The van der Waals surface area contributed by atoms with Crippen molar-refractivity contribution in [2.75, 3.05) is 20.7 Å². The molecule has 6 atom stereocenters. The number of furan rings is 1. The molecule has 1 aromatic heterocycles. The van der Waals surface area contributed by atoms with Crippen molar-refractivity contribution in [3.63, 3.8) is 0 Å². The maximum atomic E-state index is 13.2. The lowest BCUT2D eigenvalue weighted by Crippen LogP contribution is -2.72. The zero-order valence-electron chi connectivity index (χ0n) is 18.8. The highest BCUT2D eigenvalue weighted by Gasteiger charge is 2.81. The number of nitrogens with one attached hydrogen (secondary N) is 1. The van der Waals surface area contributed by atoms with E-state index < -0.39 is 11.0 Å². The van der Waals surface area contributed by atoms with Crippen molar-refractivity contribution >= 4 is 12.0 Å². The number of benzene rings is 1. The summed E-state index contributed by atoms with van der Waals surface area (Å²) in [5.74, 6) is 1.38. The van der Waals surface area contributed by atoms with Crippen LogP contribution in [0.2, 0.25) is 0 Å². The highest BCUT2D eigenvalue weighted by molar-refractivity contribution is 5.92. The molecular formula is C26H28N2O5. The van der Waals surface area contributed by atoms with E-state index in [1.54, 1.807) is 36.7 Å². The van der Waals surface area contributed by atoms with Crippen molar-refractivity contribution in [2.45, 2.75) is 54.9 Å². The largest absolute Gasteiger partial charge is 0.493 e. The first-order valence-electron chi connectivity index (χ1n) is 11.7. The maximum Gasteiger partial charge on any atom is 0.246 e. The van der Waals surface area contributed by atoms with Crippen LogP contribution in [0.1, 0.15) is 36.0 Å². The molecule has 0 radical (unpaired) electrons. The van der Waals surface area contributed by atoms with Crippen molar-refractivity contribution in [1.82, 2.24) is 10.2 Å². The molecule has 2 bridgehead atoms. The molecular weight excluding hydrogens is 420 g/mol. The third-order valence-electron chi connectivity index (χ3n) is 9.28. The van der Waals surface area contributed by atoms with E-state index in [9.17, 15) is 9.90 Å². The molecule has 2 aromatic rings. The van der Waals surface area contributed by atoms with Crippen molar-refractivity contribution in [1.29, 1.82) is 0 Å². The number of likely N-dealkylation sites (N-methyl/N-ethyl adjacent to an activating group) is 1. The van der Waals surface area contributed by atoms with Crippen LogP contribution in [0.5, 0.6) is 11.5 Å².